The van der Waals surface area contributed by atoms with Gasteiger partial charge in [0.1, 0.15) is 5.60 Å². The highest BCUT2D eigenvalue weighted by molar-refractivity contribution is 5.82. The van der Waals surface area contributed by atoms with Crippen molar-refractivity contribution < 1.29 is 19.1 Å². The molecular weight excluding hydrogens is 418 g/mol. The summed E-state index contributed by atoms with van der Waals surface area (Å²) in [7, 11) is 0. The minimum Gasteiger partial charge on any atom is -0.444 e. The highest BCUT2D eigenvalue weighted by atomic mass is 16.6. The summed E-state index contributed by atoms with van der Waals surface area (Å²) in [6.07, 6.45) is 5.58. The molecule has 0 aromatic heterocycles. The van der Waals surface area contributed by atoms with E-state index in [4.69, 9.17) is 4.74 Å². The number of likely N-dealkylation sites (tertiary alicyclic amines) is 1. The second kappa shape index (κ2) is 13.0. The van der Waals surface area contributed by atoms with Crippen LogP contribution in [0.5, 0.6) is 0 Å². The molecule has 33 heavy (non-hydrogen) atoms. The number of nitrogens with one attached hydrogen (secondary N) is 2. The third-order valence-electron chi connectivity index (χ3n) is 5.56. The molecule has 1 aliphatic heterocycles. The molecule has 3 amide bonds. The third-order valence-corrected chi connectivity index (χ3v) is 5.56. The molecule has 1 aliphatic rings. The van der Waals surface area contributed by atoms with Crippen molar-refractivity contribution in [1.82, 2.24) is 15.5 Å². The third kappa shape index (κ3) is 9.68. The topological polar surface area (TPSA) is 87.7 Å². The number of nitrogens with zero attached hydrogens (tertiary/aromatic N) is 1. The van der Waals surface area contributed by atoms with Crippen LogP contribution in [0.2, 0.25) is 0 Å². The maximum atomic E-state index is 12.9. The molecule has 7 heteroatoms. The Kier molecular flexibility index (Phi) is 10.4. The molecule has 2 atom stereocenters. The van der Waals surface area contributed by atoms with E-state index in [-0.39, 0.29) is 23.8 Å². The average molecular weight is 458 g/mol. The van der Waals surface area contributed by atoms with Crippen LogP contribution < -0.4 is 10.6 Å². The van der Waals surface area contributed by atoms with Gasteiger partial charge in [-0.1, -0.05) is 42.8 Å². The van der Waals surface area contributed by atoms with Gasteiger partial charge in [0.05, 0.1) is 6.04 Å². The monoisotopic (exact) mass is 457 g/mol. The maximum absolute atomic E-state index is 12.9. The molecule has 2 N–H and O–H groups in total. The summed E-state index contributed by atoms with van der Waals surface area (Å²) >= 11 is 0. The predicted octanol–water partition coefficient (Wildman–Crippen LogP) is 4.18. The van der Waals surface area contributed by atoms with Gasteiger partial charge in [0.15, 0.2) is 0 Å². The van der Waals surface area contributed by atoms with Crippen LogP contribution in [0, 0.1) is 5.92 Å². The summed E-state index contributed by atoms with van der Waals surface area (Å²) in [5, 5.41) is 5.74. The van der Waals surface area contributed by atoms with Crippen molar-refractivity contribution in [2.24, 2.45) is 5.92 Å². The van der Waals surface area contributed by atoms with E-state index in [9.17, 15) is 14.4 Å². The number of ether oxygens (including phenoxy) is 1. The van der Waals surface area contributed by atoms with E-state index in [1.165, 1.54) is 0 Å². The van der Waals surface area contributed by atoms with Crippen molar-refractivity contribution in [3.8, 4) is 0 Å². The Morgan fingerprint density at radius 2 is 1.88 bits per heavy atom. The van der Waals surface area contributed by atoms with Crippen molar-refractivity contribution in [1.29, 1.82) is 0 Å². The highest BCUT2D eigenvalue weighted by Crippen LogP contribution is 2.29. The summed E-state index contributed by atoms with van der Waals surface area (Å²) < 4.78 is 5.19. The molecule has 0 saturated carbocycles. The molecule has 2 rings (SSSR count). The van der Waals surface area contributed by atoms with Gasteiger partial charge < -0.3 is 20.3 Å². The molecule has 1 aromatic rings. The molecule has 1 heterocycles. The fourth-order valence-corrected chi connectivity index (χ4v) is 3.96. The van der Waals surface area contributed by atoms with Crippen molar-refractivity contribution >= 4 is 17.9 Å². The summed E-state index contributed by atoms with van der Waals surface area (Å²) in [4.78, 5) is 38.7. The molecule has 1 saturated heterocycles. The summed E-state index contributed by atoms with van der Waals surface area (Å²) in [6, 6.07) is 9.92. The number of carbonyl (C=O) groups excluding carboxylic acids is 3. The largest absolute Gasteiger partial charge is 0.444 e. The number of hydrogen-bond donors (Lipinski definition) is 2. The standard InChI is InChI=1S/C26H39N3O4/c1-5-12-21-17-22(29(24(21)31)19-20-13-8-6-9-14-20)18-28-23(30)15-10-7-11-16-27-25(32)33-26(2,3)4/h5-6,8-9,13-14,21-22H,1,7,10-12,15-19H2,2-4H3,(H,27,32)(H,28,30)/t21-,22+/m1/s1. The van der Waals surface area contributed by atoms with Crippen LogP contribution in [0.1, 0.15) is 64.9 Å². The second-order valence-corrected chi connectivity index (χ2v) is 9.61. The lowest BCUT2D eigenvalue weighted by atomic mass is 10.0. The van der Waals surface area contributed by atoms with Gasteiger partial charge in [-0.3, -0.25) is 9.59 Å². The number of hydrogen-bond acceptors (Lipinski definition) is 4. The van der Waals surface area contributed by atoms with Crippen LogP contribution in [0.4, 0.5) is 4.79 Å². The first kappa shape index (κ1) is 26.4. The van der Waals surface area contributed by atoms with Gasteiger partial charge in [0.2, 0.25) is 11.8 Å². The van der Waals surface area contributed by atoms with E-state index < -0.39 is 11.7 Å². The van der Waals surface area contributed by atoms with Crippen LogP contribution in [0.3, 0.4) is 0 Å². The lowest BCUT2D eigenvalue weighted by molar-refractivity contribution is -0.133. The lowest BCUT2D eigenvalue weighted by Crippen LogP contribution is -2.41. The normalized spacial score (nSPS) is 18.2. The SMILES string of the molecule is C=CC[C@@H]1C[C@@H](CNC(=O)CCCCCNC(=O)OC(C)(C)C)N(Cc2ccccc2)C1=O. The number of rotatable bonds is 12. The Bertz CT molecular complexity index is 788. The van der Waals surface area contributed by atoms with Crippen LogP contribution >= 0.6 is 0 Å². The summed E-state index contributed by atoms with van der Waals surface area (Å²) in [5.74, 6) is 0.0652. The number of carbonyl (C=O) groups is 3. The van der Waals surface area contributed by atoms with E-state index in [2.05, 4.69) is 17.2 Å². The molecule has 182 valence electrons. The Labute approximate surface area is 197 Å². The Morgan fingerprint density at radius 3 is 2.55 bits per heavy atom. The zero-order chi connectivity index (χ0) is 24.3. The van der Waals surface area contributed by atoms with Crippen LogP contribution in [-0.4, -0.2) is 47.5 Å². The van der Waals surface area contributed by atoms with Gasteiger partial charge in [-0.2, -0.15) is 0 Å². The highest BCUT2D eigenvalue weighted by Gasteiger charge is 2.38. The zero-order valence-electron chi connectivity index (χ0n) is 20.3. The van der Waals surface area contributed by atoms with E-state index in [0.29, 0.717) is 32.5 Å². The van der Waals surface area contributed by atoms with Crippen molar-refractivity contribution in [2.45, 2.75) is 77.5 Å². The van der Waals surface area contributed by atoms with Gasteiger partial charge >= 0.3 is 6.09 Å². The van der Waals surface area contributed by atoms with Crippen LogP contribution in [0.15, 0.2) is 43.0 Å². The molecule has 0 aliphatic carbocycles. The first-order valence-corrected chi connectivity index (χ1v) is 11.9. The van der Waals surface area contributed by atoms with Gasteiger partial charge in [0, 0.05) is 32.0 Å². The number of alkyl carbamates (subject to hydrolysis) is 1. The molecule has 0 spiro atoms. The van der Waals surface area contributed by atoms with E-state index >= 15 is 0 Å². The molecular formula is C26H39N3O4. The molecule has 7 nitrogen and oxygen atoms in total. The van der Waals surface area contributed by atoms with Gasteiger partial charge in [-0.05, 0) is 52.0 Å². The Balaban J connectivity index is 1.70. The van der Waals surface area contributed by atoms with E-state index in [1.54, 1.807) is 6.08 Å². The molecule has 1 fully saturated rings. The minimum atomic E-state index is -0.505. The first-order chi connectivity index (χ1) is 15.7. The fourth-order valence-electron chi connectivity index (χ4n) is 3.96. The number of unbranched alkanes of at least 4 members (excludes halogenated alkanes) is 2. The molecule has 0 unspecified atom stereocenters. The number of benzene rings is 1. The fraction of sp³-hybridized carbons (Fsp3) is 0.577. The van der Waals surface area contributed by atoms with Crippen LogP contribution in [-0.2, 0) is 20.9 Å². The average Bonchev–Trinajstić information content (AvgIpc) is 3.03. The van der Waals surface area contributed by atoms with Crippen molar-refractivity contribution in [2.75, 3.05) is 13.1 Å². The zero-order valence-corrected chi connectivity index (χ0v) is 20.3. The van der Waals surface area contributed by atoms with E-state index in [0.717, 1.165) is 31.2 Å². The molecule has 0 radical (unpaired) electrons. The van der Waals surface area contributed by atoms with Crippen LogP contribution in [0.25, 0.3) is 0 Å². The number of allylic oxidation sites excluding steroid dienone is 1. The lowest BCUT2D eigenvalue weighted by Gasteiger charge is -2.25. The Hall–Kier alpha value is -2.83. The molecule has 1 aromatic carbocycles. The quantitative estimate of drug-likeness (QED) is 0.364. The summed E-state index contributed by atoms with van der Waals surface area (Å²) in [6.45, 7) is 10.8. The summed E-state index contributed by atoms with van der Waals surface area (Å²) in [5.41, 5.74) is 0.579. The van der Waals surface area contributed by atoms with Gasteiger partial charge in [-0.15, -0.1) is 6.58 Å². The maximum Gasteiger partial charge on any atom is 0.407 e. The van der Waals surface area contributed by atoms with Crippen molar-refractivity contribution in [3.05, 3.63) is 48.6 Å². The smallest absolute Gasteiger partial charge is 0.407 e. The van der Waals surface area contributed by atoms with Crippen molar-refractivity contribution in [3.63, 3.8) is 0 Å². The van der Waals surface area contributed by atoms with Gasteiger partial charge in [-0.25, -0.2) is 4.79 Å². The Morgan fingerprint density at radius 1 is 1.15 bits per heavy atom. The second-order valence-electron chi connectivity index (χ2n) is 9.61. The number of amides is 3. The minimum absolute atomic E-state index is 0.00520. The predicted molar refractivity (Wildman–Crippen MR) is 129 cm³/mol. The van der Waals surface area contributed by atoms with Gasteiger partial charge in [0.25, 0.3) is 0 Å². The first-order valence-electron chi connectivity index (χ1n) is 11.9. The van der Waals surface area contributed by atoms with E-state index in [1.807, 2.05) is 56.0 Å². The molecule has 0 bridgehead atoms.